The van der Waals surface area contributed by atoms with Gasteiger partial charge in [-0.05, 0) is 74.3 Å². The van der Waals surface area contributed by atoms with Crippen LogP contribution < -0.4 is 11.1 Å². The molecule has 0 atom stereocenters. The van der Waals surface area contributed by atoms with Crippen LogP contribution in [0.5, 0.6) is 0 Å². The number of anilines is 2. The van der Waals surface area contributed by atoms with Crippen LogP contribution in [0.4, 0.5) is 11.6 Å². The number of nitrogen functional groups attached to an aromatic ring is 1. The van der Waals surface area contributed by atoms with Crippen LogP contribution in [-0.2, 0) is 10.2 Å². The van der Waals surface area contributed by atoms with E-state index in [9.17, 15) is 14.7 Å². The van der Waals surface area contributed by atoms with E-state index in [1.807, 2.05) is 34.9 Å². The second-order valence-electron chi connectivity index (χ2n) is 10.6. The fourth-order valence-corrected chi connectivity index (χ4v) is 6.02. The van der Waals surface area contributed by atoms with Gasteiger partial charge in [-0.1, -0.05) is 17.7 Å². The highest BCUT2D eigenvalue weighted by Gasteiger charge is 2.50. The minimum atomic E-state index is -0.814. The van der Waals surface area contributed by atoms with Gasteiger partial charge in [0.2, 0.25) is 0 Å². The van der Waals surface area contributed by atoms with Crippen molar-refractivity contribution in [2.24, 2.45) is 0 Å². The molecule has 0 spiro atoms. The fourth-order valence-electron chi connectivity index (χ4n) is 6.02. The van der Waals surface area contributed by atoms with E-state index in [0.717, 1.165) is 28.9 Å². The van der Waals surface area contributed by atoms with Crippen molar-refractivity contribution in [3.05, 3.63) is 83.1 Å². The van der Waals surface area contributed by atoms with Gasteiger partial charge in [-0.25, -0.2) is 19.7 Å². The number of amides is 1. The summed E-state index contributed by atoms with van der Waals surface area (Å²) in [6, 6.07) is 11.2. The molecule has 9 heteroatoms. The molecule has 1 amide bonds. The molecule has 2 fully saturated rings. The van der Waals surface area contributed by atoms with Crippen molar-refractivity contribution in [2.45, 2.75) is 49.9 Å². The number of benzene rings is 1. The molecule has 0 saturated heterocycles. The Bertz CT molecular complexity index is 1660. The highest BCUT2D eigenvalue weighted by Crippen LogP contribution is 2.56. The van der Waals surface area contributed by atoms with Crippen molar-refractivity contribution in [1.29, 1.82) is 0 Å². The summed E-state index contributed by atoms with van der Waals surface area (Å²) in [6.45, 7) is 0. The van der Waals surface area contributed by atoms with Crippen LogP contribution in [0.1, 0.15) is 66.2 Å². The van der Waals surface area contributed by atoms with Gasteiger partial charge in [-0.2, -0.15) is 0 Å². The fraction of sp³-hybridized carbons (Fsp3) is 0.276. The molecule has 8 rings (SSSR count). The number of carbonyl (C=O) groups is 2. The van der Waals surface area contributed by atoms with E-state index in [4.69, 9.17) is 10.7 Å². The molecule has 3 aromatic heterocycles. The van der Waals surface area contributed by atoms with Gasteiger partial charge in [0, 0.05) is 40.7 Å². The Kier molecular flexibility index (Phi) is 4.91. The summed E-state index contributed by atoms with van der Waals surface area (Å²) in [4.78, 5) is 38.1. The molecule has 9 nitrogen and oxygen atoms in total. The first-order valence-electron chi connectivity index (χ1n) is 12.9. The number of hydrogen-bond acceptors (Lipinski definition) is 6. The number of carboxylic acids is 1. The van der Waals surface area contributed by atoms with E-state index in [1.165, 1.54) is 18.4 Å². The summed E-state index contributed by atoms with van der Waals surface area (Å²) >= 11 is 0. The van der Waals surface area contributed by atoms with Crippen LogP contribution in [0.2, 0.25) is 0 Å². The molecule has 3 heterocycles. The lowest BCUT2D eigenvalue weighted by molar-refractivity contribution is -0.133. The van der Waals surface area contributed by atoms with Gasteiger partial charge in [0.15, 0.2) is 0 Å². The molecule has 4 N–H and O–H groups in total. The van der Waals surface area contributed by atoms with E-state index in [0.29, 0.717) is 53.6 Å². The van der Waals surface area contributed by atoms with Crippen LogP contribution in [0.15, 0.2) is 66.1 Å². The number of fused-ring (bicyclic) bond motifs is 3. The Hall–Kier alpha value is -4.53. The van der Waals surface area contributed by atoms with Crippen LogP contribution in [0.25, 0.3) is 16.8 Å². The van der Waals surface area contributed by atoms with Crippen LogP contribution in [-0.4, -0.2) is 36.3 Å². The summed E-state index contributed by atoms with van der Waals surface area (Å²) in [5.41, 5.74) is 11.7. The molecular weight excluding hydrogens is 480 g/mol. The smallest absolute Gasteiger partial charge is 0.331 e. The van der Waals surface area contributed by atoms with Gasteiger partial charge in [0.05, 0.1) is 0 Å². The van der Waals surface area contributed by atoms with Crippen molar-refractivity contribution >= 4 is 29.0 Å². The molecule has 0 radical (unpaired) electrons. The van der Waals surface area contributed by atoms with Gasteiger partial charge < -0.3 is 16.2 Å². The summed E-state index contributed by atoms with van der Waals surface area (Å²) in [5, 5.41) is 12.4. The molecular formula is C29H26N6O3. The Morgan fingerprint density at radius 2 is 1.87 bits per heavy atom. The number of nitrogens with one attached hydrogen (secondary N) is 1. The number of imidazole rings is 1. The maximum Gasteiger partial charge on any atom is 0.331 e. The van der Waals surface area contributed by atoms with Crippen LogP contribution >= 0.6 is 0 Å². The predicted octanol–water partition coefficient (Wildman–Crippen LogP) is 4.71. The van der Waals surface area contributed by atoms with Crippen molar-refractivity contribution in [3.8, 4) is 11.3 Å². The third-order valence-electron chi connectivity index (χ3n) is 8.19. The minimum absolute atomic E-state index is 0.203. The normalized spacial score (nSPS) is 17.8. The zero-order valence-electron chi connectivity index (χ0n) is 20.6. The molecule has 1 aromatic carbocycles. The van der Waals surface area contributed by atoms with Gasteiger partial charge in [-0.3, -0.25) is 9.20 Å². The standard InChI is InChI=1S/C29H26N6O3/c30-25-24-23(34-28(35(24)12-11-32-25)29-9-7-21(27(37)38)20(14-29)15-29)17-3-5-18(6-4-17)26(36)33-22-13-19(8-10-31-22)16-1-2-16/h3-6,8,10-13,16H,1-2,7,9,14-15H2,(H2,30,32)(H,37,38)(H,31,33,36). The molecule has 4 aliphatic rings. The number of nitrogens with zero attached hydrogens (tertiary/aromatic N) is 4. The molecule has 190 valence electrons. The summed E-state index contributed by atoms with van der Waals surface area (Å²) in [5.74, 6) is 1.35. The second kappa shape index (κ2) is 8.24. The Labute approximate surface area is 218 Å². The van der Waals surface area contributed by atoms with Crippen molar-refractivity contribution in [3.63, 3.8) is 0 Å². The van der Waals surface area contributed by atoms with Crippen molar-refractivity contribution < 1.29 is 14.7 Å². The Balaban J connectivity index is 1.19. The molecule has 4 aromatic rings. The number of hydrogen-bond donors (Lipinski definition) is 3. The number of pyridine rings is 1. The zero-order chi connectivity index (χ0) is 26.0. The first-order chi connectivity index (χ1) is 18.4. The van der Waals surface area contributed by atoms with E-state index in [1.54, 1.807) is 24.5 Å². The van der Waals surface area contributed by atoms with Gasteiger partial charge in [0.25, 0.3) is 5.91 Å². The van der Waals surface area contributed by atoms with Gasteiger partial charge >= 0.3 is 5.97 Å². The zero-order valence-corrected chi connectivity index (χ0v) is 20.6. The van der Waals surface area contributed by atoms with Gasteiger partial charge in [-0.15, -0.1) is 0 Å². The molecule has 2 saturated carbocycles. The predicted molar refractivity (Wildman–Crippen MR) is 142 cm³/mol. The number of aliphatic carboxylic acids is 1. The number of carbonyl (C=O) groups excluding carboxylic acids is 1. The highest BCUT2D eigenvalue weighted by molar-refractivity contribution is 6.04. The SMILES string of the molecule is Nc1nccn2c(C34CCC(C(=O)O)=C(C3)C4)nc(-c3ccc(C(=O)Nc4cc(C5CC5)ccn4)cc3)c12. The summed E-state index contributed by atoms with van der Waals surface area (Å²) in [7, 11) is 0. The number of aromatic nitrogens is 4. The van der Waals surface area contributed by atoms with E-state index in [-0.39, 0.29) is 11.3 Å². The quantitative estimate of drug-likeness (QED) is 0.345. The maximum atomic E-state index is 12.9. The second-order valence-corrected chi connectivity index (χ2v) is 10.6. The Morgan fingerprint density at radius 3 is 2.55 bits per heavy atom. The number of carboxylic acid groups (broad SMARTS) is 1. The van der Waals surface area contributed by atoms with Crippen molar-refractivity contribution in [2.75, 3.05) is 11.1 Å². The largest absolute Gasteiger partial charge is 0.478 e. The average Bonchev–Trinajstić information content (AvgIpc) is 3.68. The molecule has 38 heavy (non-hydrogen) atoms. The first kappa shape index (κ1) is 22.7. The number of rotatable bonds is 6. The topological polar surface area (TPSA) is 136 Å². The number of nitrogens with two attached hydrogens (primary N) is 1. The monoisotopic (exact) mass is 506 g/mol. The van der Waals surface area contributed by atoms with Crippen LogP contribution in [0.3, 0.4) is 0 Å². The number of allylic oxidation sites excluding steroid dienone is 1. The minimum Gasteiger partial charge on any atom is -0.478 e. The first-order valence-corrected chi connectivity index (χ1v) is 12.9. The Morgan fingerprint density at radius 1 is 1.08 bits per heavy atom. The molecule has 2 bridgehead atoms. The van der Waals surface area contributed by atoms with Gasteiger partial charge in [0.1, 0.15) is 28.7 Å². The van der Waals surface area contributed by atoms with E-state index >= 15 is 0 Å². The van der Waals surface area contributed by atoms with Crippen molar-refractivity contribution in [1.82, 2.24) is 19.4 Å². The lowest BCUT2D eigenvalue weighted by Gasteiger charge is -2.47. The van der Waals surface area contributed by atoms with E-state index < -0.39 is 5.97 Å². The average molecular weight is 507 g/mol. The molecule has 0 aliphatic heterocycles. The molecule has 4 aliphatic carbocycles. The van der Waals surface area contributed by atoms with E-state index in [2.05, 4.69) is 15.3 Å². The maximum absolute atomic E-state index is 12.9. The highest BCUT2D eigenvalue weighted by atomic mass is 16.4. The lowest BCUT2D eigenvalue weighted by Crippen LogP contribution is -2.43. The third-order valence-corrected chi connectivity index (χ3v) is 8.19. The lowest BCUT2D eigenvalue weighted by atomic mass is 9.57. The summed E-state index contributed by atoms with van der Waals surface area (Å²) < 4.78 is 2.00. The third kappa shape index (κ3) is 3.57. The molecule has 0 unspecified atom stereocenters. The summed E-state index contributed by atoms with van der Waals surface area (Å²) in [6.07, 6.45) is 10.3. The van der Waals surface area contributed by atoms with Crippen LogP contribution in [0, 0.1) is 0 Å².